The van der Waals surface area contributed by atoms with E-state index in [1.54, 1.807) is 34.4 Å². The highest BCUT2D eigenvalue weighted by Crippen LogP contribution is 2.37. The van der Waals surface area contributed by atoms with Gasteiger partial charge in [-0.2, -0.15) is 0 Å². The Morgan fingerprint density at radius 1 is 1.48 bits per heavy atom. The normalized spacial score (nSPS) is 11.0. The van der Waals surface area contributed by atoms with E-state index in [9.17, 15) is 4.79 Å². The van der Waals surface area contributed by atoms with Crippen molar-refractivity contribution in [2.45, 2.75) is 19.9 Å². The second kappa shape index (κ2) is 6.67. The molecule has 0 radical (unpaired) electrons. The van der Waals surface area contributed by atoms with Gasteiger partial charge in [0.2, 0.25) is 0 Å². The van der Waals surface area contributed by atoms with E-state index in [2.05, 4.69) is 5.92 Å². The van der Waals surface area contributed by atoms with Crippen molar-refractivity contribution in [1.82, 2.24) is 9.55 Å². The molecule has 0 saturated carbocycles. The van der Waals surface area contributed by atoms with Crippen LogP contribution in [0.4, 0.5) is 0 Å². The van der Waals surface area contributed by atoms with E-state index in [1.165, 1.54) is 0 Å². The van der Waals surface area contributed by atoms with Crippen LogP contribution in [0, 0.1) is 19.3 Å². The highest BCUT2D eigenvalue weighted by atomic mass is 32.1. The molecule has 118 valence electrons. The van der Waals surface area contributed by atoms with E-state index in [-0.39, 0.29) is 12.1 Å². The van der Waals surface area contributed by atoms with E-state index in [0.29, 0.717) is 24.2 Å². The Morgan fingerprint density at radius 3 is 2.96 bits per heavy atom. The first-order chi connectivity index (χ1) is 11.2. The number of fused-ring (bicyclic) bond motifs is 1. The topological polar surface area (TPSA) is 44.1 Å². The average molecular weight is 344 g/mol. The molecule has 0 atom stereocenters. The lowest BCUT2D eigenvalue weighted by Gasteiger charge is -2.10. The molecule has 0 unspecified atom stereocenters. The van der Waals surface area contributed by atoms with Crippen LogP contribution < -0.4 is 5.56 Å². The fourth-order valence-corrected chi connectivity index (χ4v) is 4.54. The molecule has 3 rings (SSSR count). The molecule has 3 aromatic heterocycles. The lowest BCUT2D eigenvalue weighted by Crippen LogP contribution is -2.25. The van der Waals surface area contributed by atoms with Crippen LogP contribution in [-0.4, -0.2) is 23.3 Å². The van der Waals surface area contributed by atoms with Crippen LogP contribution in [0.5, 0.6) is 0 Å². The summed E-state index contributed by atoms with van der Waals surface area (Å²) in [6, 6.07) is 4.02. The summed E-state index contributed by atoms with van der Waals surface area (Å²) < 4.78 is 6.70. The number of thiophene rings is 2. The van der Waals surface area contributed by atoms with Gasteiger partial charge in [0.25, 0.3) is 5.56 Å². The third-order valence-electron chi connectivity index (χ3n) is 3.61. The first-order valence-corrected chi connectivity index (χ1v) is 8.86. The average Bonchev–Trinajstić information content (AvgIpc) is 3.15. The molecule has 3 aromatic rings. The SMILES string of the molecule is C#CCn1c(CCOC)nc2sc(C)c(-c3cccs3)c2c1=O. The number of hydrogen-bond acceptors (Lipinski definition) is 5. The third-order valence-corrected chi connectivity index (χ3v) is 5.50. The van der Waals surface area contributed by atoms with Crippen molar-refractivity contribution in [2.24, 2.45) is 0 Å². The Kier molecular flexibility index (Phi) is 4.62. The molecule has 0 aliphatic heterocycles. The molecule has 0 saturated heterocycles. The van der Waals surface area contributed by atoms with E-state index in [4.69, 9.17) is 16.1 Å². The molecular weight excluding hydrogens is 328 g/mol. The quantitative estimate of drug-likeness (QED) is 0.667. The molecule has 6 heteroatoms. The molecule has 0 aromatic carbocycles. The summed E-state index contributed by atoms with van der Waals surface area (Å²) in [6.45, 7) is 2.76. The van der Waals surface area contributed by atoms with Gasteiger partial charge in [0.1, 0.15) is 10.7 Å². The lowest BCUT2D eigenvalue weighted by molar-refractivity contribution is 0.199. The summed E-state index contributed by atoms with van der Waals surface area (Å²) in [6.07, 6.45) is 6.01. The number of rotatable bonds is 5. The molecule has 0 spiro atoms. The molecule has 0 fully saturated rings. The van der Waals surface area contributed by atoms with Crippen LogP contribution >= 0.6 is 22.7 Å². The molecule has 23 heavy (non-hydrogen) atoms. The minimum absolute atomic E-state index is 0.0631. The number of hydrogen-bond donors (Lipinski definition) is 0. The monoisotopic (exact) mass is 344 g/mol. The number of methoxy groups -OCH3 is 1. The van der Waals surface area contributed by atoms with Gasteiger partial charge in [0.15, 0.2) is 0 Å². The number of ether oxygens (including phenoxy) is 1. The highest BCUT2D eigenvalue weighted by Gasteiger charge is 2.19. The predicted molar refractivity (Wildman–Crippen MR) is 96.3 cm³/mol. The van der Waals surface area contributed by atoms with Gasteiger partial charge in [-0.25, -0.2) is 4.98 Å². The summed E-state index contributed by atoms with van der Waals surface area (Å²) in [5, 5.41) is 2.69. The van der Waals surface area contributed by atoms with E-state index < -0.39 is 0 Å². The van der Waals surface area contributed by atoms with Gasteiger partial charge < -0.3 is 4.74 Å². The third kappa shape index (κ3) is 2.83. The minimum Gasteiger partial charge on any atom is -0.384 e. The Bertz CT molecular complexity index is 930. The highest BCUT2D eigenvalue weighted by molar-refractivity contribution is 7.20. The Hall–Kier alpha value is -1.94. The van der Waals surface area contributed by atoms with Gasteiger partial charge >= 0.3 is 0 Å². The maximum absolute atomic E-state index is 13.0. The second-order valence-electron chi connectivity index (χ2n) is 5.06. The Morgan fingerprint density at radius 2 is 2.30 bits per heavy atom. The molecule has 0 amide bonds. The van der Waals surface area contributed by atoms with Crippen molar-refractivity contribution in [3.63, 3.8) is 0 Å². The van der Waals surface area contributed by atoms with Gasteiger partial charge in [0.05, 0.1) is 18.5 Å². The fraction of sp³-hybridized carbons (Fsp3) is 0.294. The smallest absolute Gasteiger partial charge is 0.263 e. The maximum atomic E-state index is 13.0. The van der Waals surface area contributed by atoms with Crippen LogP contribution in [0.1, 0.15) is 10.7 Å². The van der Waals surface area contributed by atoms with Gasteiger partial charge in [-0.15, -0.1) is 29.1 Å². The summed E-state index contributed by atoms with van der Waals surface area (Å²) in [5.74, 6) is 3.24. The largest absolute Gasteiger partial charge is 0.384 e. The van der Waals surface area contributed by atoms with Crippen LogP contribution in [-0.2, 0) is 17.7 Å². The zero-order valence-electron chi connectivity index (χ0n) is 13.0. The van der Waals surface area contributed by atoms with Crippen molar-refractivity contribution in [2.75, 3.05) is 13.7 Å². The number of aromatic nitrogens is 2. The summed E-state index contributed by atoms with van der Waals surface area (Å²) in [5.41, 5.74) is 0.924. The number of aryl methyl sites for hydroxylation is 1. The van der Waals surface area contributed by atoms with Crippen molar-refractivity contribution in [3.05, 3.63) is 38.6 Å². The molecule has 0 aliphatic rings. The second-order valence-corrected chi connectivity index (χ2v) is 7.21. The molecule has 0 aliphatic carbocycles. The van der Waals surface area contributed by atoms with Crippen LogP contribution in [0.25, 0.3) is 20.7 Å². The molecule has 4 nitrogen and oxygen atoms in total. The van der Waals surface area contributed by atoms with E-state index >= 15 is 0 Å². The minimum atomic E-state index is -0.0631. The number of terminal acetylenes is 1. The standard InChI is InChI=1S/C17H16N2O2S2/c1-4-8-19-13(7-9-21-3)18-16-15(17(19)20)14(11(2)23-16)12-6-5-10-22-12/h1,5-6,10H,7-9H2,2-3H3. The zero-order valence-corrected chi connectivity index (χ0v) is 14.6. The molecule has 0 bridgehead atoms. The van der Waals surface area contributed by atoms with Crippen molar-refractivity contribution in [3.8, 4) is 22.8 Å². The van der Waals surface area contributed by atoms with Crippen LogP contribution in [0.3, 0.4) is 0 Å². The maximum Gasteiger partial charge on any atom is 0.263 e. The molecule has 3 heterocycles. The van der Waals surface area contributed by atoms with Crippen molar-refractivity contribution >= 4 is 32.9 Å². The lowest BCUT2D eigenvalue weighted by atomic mass is 10.1. The predicted octanol–water partition coefficient (Wildman–Crippen LogP) is 3.32. The van der Waals surface area contributed by atoms with E-state index in [1.807, 2.05) is 24.4 Å². The van der Waals surface area contributed by atoms with Gasteiger partial charge in [-0.05, 0) is 18.4 Å². The van der Waals surface area contributed by atoms with Gasteiger partial charge in [0, 0.05) is 28.8 Å². The van der Waals surface area contributed by atoms with Gasteiger partial charge in [-0.1, -0.05) is 12.0 Å². The van der Waals surface area contributed by atoms with Crippen molar-refractivity contribution in [1.29, 1.82) is 0 Å². The van der Waals surface area contributed by atoms with Gasteiger partial charge in [-0.3, -0.25) is 9.36 Å². The van der Waals surface area contributed by atoms with E-state index in [0.717, 1.165) is 20.1 Å². The number of nitrogens with zero attached hydrogens (tertiary/aromatic N) is 2. The fourth-order valence-electron chi connectivity index (χ4n) is 2.59. The van der Waals surface area contributed by atoms with Crippen LogP contribution in [0.2, 0.25) is 0 Å². The Labute approximate surface area is 142 Å². The first-order valence-electron chi connectivity index (χ1n) is 7.16. The summed E-state index contributed by atoms with van der Waals surface area (Å²) in [7, 11) is 1.63. The van der Waals surface area contributed by atoms with Crippen molar-refractivity contribution < 1.29 is 4.74 Å². The Balaban J connectivity index is 2.30. The summed E-state index contributed by atoms with van der Waals surface area (Å²) >= 11 is 3.18. The zero-order chi connectivity index (χ0) is 16.4. The first kappa shape index (κ1) is 15.9. The molecular formula is C17H16N2O2S2. The molecule has 0 N–H and O–H groups in total. The van der Waals surface area contributed by atoms with Crippen LogP contribution in [0.15, 0.2) is 22.3 Å². The summed E-state index contributed by atoms with van der Waals surface area (Å²) in [4.78, 5) is 20.7.